The van der Waals surface area contributed by atoms with Gasteiger partial charge >= 0.3 is 0 Å². The van der Waals surface area contributed by atoms with Crippen LogP contribution in [0.1, 0.15) is 23.1 Å². The number of amidine groups is 1. The zero-order valence-electron chi connectivity index (χ0n) is 18.6. The summed E-state index contributed by atoms with van der Waals surface area (Å²) in [5.41, 5.74) is 2.62. The Bertz CT molecular complexity index is 1100. The first-order chi connectivity index (χ1) is 15.2. The Morgan fingerprint density at radius 2 is 1.84 bits per heavy atom. The smallest absolute Gasteiger partial charge is 0.243 e. The molecule has 0 bridgehead atoms. The number of benzene rings is 2. The molecule has 0 radical (unpaired) electrons. The molecule has 3 rings (SSSR count). The number of likely N-dealkylation sites (N-methyl/N-ethyl adjacent to an activating group) is 1. The molecule has 9 heteroatoms. The number of carbonyl (C=O) groups is 1. The minimum Gasteiger partial charge on any atom is -0.368 e. The van der Waals surface area contributed by atoms with Gasteiger partial charge in [-0.05, 0) is 36.6 Å². The summed E-state index contributed by atoms with van der Waals surface area (Å²) in [4.78, 5) is 18.4. The average molecular weight is 461 g/mol. The second-order valence-electron chi connectivity index (χ2n) is 7.91. The van der Waals surface area contributed by atoms with Crippen LogP contribution in [0.4, 0.5) is 4.39 Å². The van der Waals surface area contributed by atoms with E-state index in [-0.39, 0.29) is 23.8 Å². The van der Waals surface area contributed by atoms with Crippen LogP contribution in [0.2, 0.25) is 0 Å². The molecular formula is C23H29FN4O3S. The lowest BCUT2D eigenvalue weighted by atomic mass is 10.1. The van der Waals surface area contributed by atoms with Crippen molar-refractivity contribution in [2.75, 3.05) is 40.3 Å². The van der Waals surface area contributed by atoms with Crippen LogP contribution in [0, 0.1) is 12.7 Å². The summed E-state index contributed by atoms with van der Waals surface area (Å²) in [6.07, 6.45) is 0.740. The van der Waals surface area contributed by atoms with E-state index < -0.39 is 15.8 Å². The van der Waals surface area contributed by atoms with Gasteiger partial charge in [0.15, 0.2) is 0 Å². The SMILES string of the molecule is Cc1ccc(F)cc1S(=O)(=O)N(C)CCC(=O)N(C)CCc1ccc(C2=NCCN2)cc1. The Morgan fingerprint density at radius 3 is 2.50 bits per heavy atom. The second kappa shape index (κ2) is 10.2. The summed E-state index contributed by atoms with van der Waals surface area (Å²) in [6, 6.07) is 11.7. The summed E-state index contributed by atoms with van der Waals surface area (Å²) in [7, 11) is -0.764. The number of hydrogen-bond donors (Lipinski definition) is 1. The lowest BCUT2D eigenvalue weighted by molar-refractivity contribution is -0.129. The van der Waals surface area contributed by atoms with Crippen LogP contribution in [-0.2, 0) is 21.2 Å². The fourth-order valence-electron chi connectivity index (χ4n) is 3.43. The zero-order valence-corrected chi connectivity index (χ0v) is 19.5. The van der Waals surface area contributed by atoms with E-state index in [1.807, 2.05) is 24.3 Å². The maximum absolute atomic E-state index is 13.5. The predicted molar refractivity (Wildman–Crippen MR) is 123 cm³/mol. The van der Waals surface area contributed by atoms with E-state index in [0.717, 1.165) is 40.4 Å². The van der Waals surface area contributed by atoms with Gasteiger partial charge in [0.25, 0.3) is 0 Å². The molecule has 1 N–H and O–H groups in total. The van der Waals surface area contributed by atoms with Crippen LogP contribution >= 0.6 is 0 Å². The van der Waals surface area contributed by atoms with Crippen molar-refractivity contribution in [3.63, 3.8) is 0 Å². The highest BCUT2D eigenvalue weighted by molar-refractivity contribution is 7.89. The molecule has 0 unspecified atom stereocenters. The number of aryl methyl sites for hydroxylation is 1. The maximum Gasteiger partial charge on any atom is 0.243 e. The molecule has 2 aromatic carbocycles. The number of carbonyl (C=O) groups excluding carboxylic acids is 1. The Balaban J connectivity index is 1.50. The molecule has 1 heterocycles. The van der Waals surface area contributed by atoms with E-state index in [4.69, 9.17) is 0 Å². The minimum absolute atomic E-state index is 0.0191. The molecule has 0 saturated carbocycles. The van der Waals surface area contributed by atoms with Gasteiger partial charge in [-0.15, -0.1) is 0 Å². The topological polar surface area (TPSA) is 82.1 Å². The lowest BCUT2D eigenvalue weighted by Gasteiger charge is -2.21. The van der Waals surface area contributed by atoms with Crippen molar-refractivity contribution in [2.24, 2.45) is 4.99 Å². The van der Waals surface area contributed by atoms with Crippen molar-refractivity contribution in [2.45, 2.75) is 24.7 Å². The molecule has 172 valence electrons. The third-order valence-electron chi connectivity index (χ3n) is 5.54. The molecule has 0 saturated heterocycles. The molecule has 0 fully saturated rings. The molecule has 0 atom stereocenters. The number of hydrogen-bond acceptors (Lipinski definition) is 5. The first-order valence-corrected chi connectivity index (χ1v) is 12.0. The van der Waals surface area contributed by atoms with Gasteiger partial charge in [-0.25, -0.2) is 17.1 Å². The predicted octanol–water partition coefficient (Wildman–Crippen LogP) is 2.20. The van der Waals surface area contributed by atoms with Crippen LogP contribution in [0.3, 0.4) is 0 Å². The van der Waals surface area contributed by atoms with Gasteiger partial charge in [-0.2, -0.15) is 0 Å². The number of nitrogens with zero attached hydrogens (tertiary/aromatic N) is 3. The molecule has 7 nitrogen and oxygen atoms in total. The van der Waals surface area contributed by atoms with Gasteiger partial charge in [0, 0.05) is 45.7 Å². The highest BCUT2D eigenvalue weighted by atomic mass is 32.2. The molecule has 32 heavy (non-hydrogen) atoms. The number of nitrogens with one attached hydrogen (secondary N) is 1. The first-order valence-electron chi connectivity index (χ1n) is 10.5. The molecule has 0 aliphatic carbocycles. The van der Waals surface area contributed by atoms with Crippen LogP contribution in [0.5, 0.6) is 0 Å². The van der Waals surface area contributed by atoms with Crippen molar-refractivity contribution in [3.05, 3.63) is 65.0 Å². The highest BCUT2D eigenvalue weighted by Crippen LogP contribution is 2.20. The summed E-state index contributed by atoms with van der Waals surface area (Å²) < 4.78 is 40.1. The second-order valence-corrected chi connectivity index (χ2v) is 9.92. The third kappa shape index (κ3) is 5.72. The summed E-state index contributed by atoms with van der Waals surface area (Å²) in [5, 5.41) is 3.24. The van der Waals surface area contributed by atoms with Gasteiger partial charge in [0.2, 0.25) is 15.9 Å². The number of aliphatic imine (C=N–C) groups is 1. The quantitative estimate of drug-likeness (QED) is 0.622. The van der Waals surface area contributed by atoms with E-state index in [2.05, 4.69) is 10.3 Å². The van der Waals surface area contributed by atoms with E-state index >= 15 is 0 Å². The van der Waals surface area contributed by atoms with Gasteiger partial charge < -0.3 is 10.2 Å². The van der Waals surface area contributed by atoms with Crippen molar-refractivity contribution in [1.82, 2.24) is 14.5 Å². The number of sulfonamides is 1. The van der Waals surface area contributed by atoms with Crippen LogP contribution in [0.25, 0.3) is 0 Å². The number of amides is 1. The monoisotopic (exact) mass is 460 g/mol. The molecule has 2 aromatic rings. The summed E-state index contributed by atoms with van der Waals surface area (Å²) in [6.45, 7) is 3.82. The fourth-order valence-corrected chi connectivity index (χ4v) is 4.83. The van der Waals surface area contributed by atoms with Crippen LogP contribution in [0.15, 0.2) is 52.4 Å². The molecule has 1 aliphatic heterocycles. The van der Waals surface area contributed by atoms with Crippen LogP contribution < -0.4 is 5.32 Å². The first kappa shape index (κ1) is 23.9. The lowest BCUT2D eigenvalue weighted by Crippen LogP contribution is -2.34. The average Bonchev–Trinajstić information content (AvgIpc) is 3.32. The fraction of sp³-hybridized carbons (Fsp3) is 0.391. The van der Waals surface area contributed by atoms with Gasteiger partial charge in [-0.3, -0.25) is 9.79 Å². The van der Waals surface area contributed by atoms with Crippen molar-refractivity contribution >= 4 is 21.8 Å². The van der Waals surface area contributed by atoms with Gasteiger partial charge in [0.05, 0.1) is 11.4 Å². The van der Waals surface area contributed by atoms with Crippen LogP contribution in [-0.4, -0.2) is 69.6 Å². The van der Waals surface area contributed by atoms with E-state index in [1.54, 1.807) is 18.9 Å². The Labute approximate surface area is 189 Å². The zero-order chi connectivity index (χ0) is 23.3. The highest BCUT2D eigenvalue weighted by Gasteiger charge is 2.24. The maximum atomic E-state index is 13.5. The molecule has 1 amide bonds. The molecule has 0 aromatic heterocycles. The standard InChI is InChI=1S/C23H29FN4O3S/c1-17-4-9-20(24)16-21(17)32(30,31)28(3)15-11-22(29)27(2)14-10-18-5-7-19(8-6-18)23-25-12-13-26-23/h4-9,16H,10-15H2,1-3H3,(H,25,26). The van der Waals surface area contributed by atoms with E-state index in [9.17, 15) is 17.6 Å². The van der Waals surface area contributed by atoms with E-state index in [0.29, 0.717) is 18.5 Å². The molecular weight excluding hydrogens is 431 g/mol. The van der Waals surface area contributed by atoms with E-state index in [1.165, 1.54) is 19.2 Å². The minimum atomic E-state index is -3.87. The molecule has 0 spiro atoms. The number of rotatable bonds is 9. The Kier molecular flexibility index (Phi) is 7.63. The van der Waals surface area contributed by atoms with Crippen molar-refractivity contribution < 1.29 is 17.6 Å². The number of halogens is 1. The third-order valence-corrected chi connectivity index (χ3v) is 7.54. The largest absolute Gasteiger partial charge is 0.368 e. The van der Waals surface area contributed by atoms with Crippen molar-refractivity contribution in [1.29, 1.82) is 0 Å². The summed E-state index contributed by atoms with van der Waals surface area (Å²) >= 11 is 0. The van der Waals surface area contributed by atoms with Gasteiger partial charge in [0.1, 0.15) is 11.7 Å². The van der Waals surface area contributed by atoms with Gasteiger partial charge in [-0.1, -0.05) is 30.3 Å². The normalized spacial score (nSPS) is 13.7. The Morgan fingerprint density at radius 1 is 1.12 bits per heavy atom. The van der Waals surface area contributed by atoms with Crippen molar-refractivity contribution in [3.8, 4) is 0 Å². The molecule has 1 aliphatic rings. The summed E-state index contributed by atoms with van der Waals surface area (Å²) in [5.74, 6) is 0.152. The Hall–Kier alpha value is -2.78.